The molecule has 1 amide bonds. The fraction of sp³-hybridized carbons (Fsp3) is 0.500. The Balaban J connectivity index is 2.03. The zero-order valence-corrected chi connectivity index (χ0v) is 12.4. The fourth-order valence-electron chi connectivity index (χ4n) is 2.83. The second-order valence-corrected chi connectivity index (χ2v) is 5.36. The summed E-state index contributed by atoms with van der Waals surface area (Å²) in [6.45, 7) is 3.65. The van der Waals surface area contributed by atoms with Crippen LogP contribution in [-0.2, 0) is 16.1 Å². The van der Waals surface area contributed by atoms with Crippen LogP contribution in [0.25, 0.3) is 0 Å². The van der Waals surface area contributed by atoms with Crippen LogP contribution in [0.4, 0.5) is 0 Å². The van der Waals surface area contributed by atoms with Crippen LogP contribution in [0, 0.1) is 0 Å². The average Bonchev–Trinajstić information content (AvgIpc) is 2.93. The van der Waals surface area contributed by atoms with E-state index < -0.39 is 5.97 Å². The summed E-state index contributed by atoms with van der Waals surface area (Å²) in [6.07, 6.45) is 1.79. The molecule has 0 spiro atoms. The molecule has 2 rings (SSSR count). The highest BCUT2D eigenvalue weighted by molar-refractivity contribution is 5.85. The molecule has 21 heavy (non-hydrogen) atoms. The molecule has 0 unspecified atom stereocenters. The summed E-state index contributed by atoms with van der Waals surface area (Å²) in [7, 11) is 0. The first-order valence-corrected chi connectivity index (χ1v) is 7.40. The van der Waals surface area contributed by atoms with E-state index >= 15 is 0 Å². The van der Waals surface area contributed by atoms with Gasteiger partial charge in [-0.25, -0.2) is 0 Å². The molecular formula is C16H22N2O3. The van der Waals surface area contributed by atoms with Crippen LogP contribution in [0.2, 0.25) is 0 Å². The van der Waals surface area contributed by atoms with Gasteiger partial charge in [0, 0.05) is 13.1 Å². The van der Waals surface area contributed by atoms with Gasteiger partial charge < -0.3 is 10.0 Å². The predicted molar refractivity (Wildman–Crippen MR) is 79.8 cm³/mol. The van der Waals surface area contributed by atoms with Gasteiger partial charge in [0.15, 0.2) is 0 Å². The Bertz CT molecular complexity index is 490. The van der Waals surface area contributed by atoms with Gasteiger partial charge in [0.05, 0.1) is 6.04 Å². The summed E-state index contributed by atoms with van der Waals surface area (Å²) in [4.78, 5) is 27.0. The minimum Gasteiger partial charge on any atom is -0.480 e. The minimum atomic E-state index is -0.960. The van der Waals surface area contributed by atoms with Crippen LogP contribution in [0.15, 0.2) is 30.3 Å². The summed E-state index contributed by atoms with van der Waals surface area (Å²) in [5, 5.41) is 8.90. The number of aliphatic carboxylic acids is 1. The Hall–Kier alpha value is -1.88. The van der Waals surface area contributed by atoms with Crippen molar-refractivity contribution < 1.29 is 14.7 Å². The summed E-state index contributed by atoms with van der Waals surface area (Å²) in [5.41, 5.74) is 1.18. The average molecular weight is 290 g/mol. The molecule has 114 valence electrons. The Kier molecular flexibility index (Phi) is 5.33. The zero-order valence-electron chi connectivity index (χ0n) is 12.4. The van der Waals surface area contributed by atoms with Crippen molar-refractivity contribution in [2.45, 2.75) is 32.4 Å². The smallest absolute Gasteiger partial charge is 0.323 e. The maximum absolute atomic E-state index is 12.5. The molecule has 1 aliphatic rings. The topological polar surface area (TPSA) is 60.9 Å². The number of nitrogens with zero attached hydrogens (tertiary/aromatic N) is 2. The second kappa shape index (κ2) is 7.22. The van der Waals surface area contributed by atoms with Gasteiger partial charge in [-0.05, 0) is 31.9 Å². The summed E-state index contributed by atoms with van der Waals surface area (Å²) in [6, 6.07) is 9.87. The molecule has 1 atom stereocenters. The molecule has 1 aliphatic heterocycles. The van der Waals surface area contributed by atoms with E-state index in [-0.39, 0.29) is 18.5 Å². The molecule has 0 radical (unpaired) electrons. The van der Waals surface area contributed by atoms with Crippen LogP contribution in [0.5, 0.6) is 0 Å². The summed E-state index contributed by atoms with van der Waals surface area (Å²) < 4.78 is 0. The van der Waals surface area contributed by atoms with E-state index in [9.17, 15) is 9.59 Å². The number of likely N-dealkylation sites (N-methyl/N-ethyl adjacent to an activating group) is 1. The largest absolute Gasteiger partial charge is 0.480 e. The standard InChI is InChI=1S/C16H22N2O3/c1-2-17(12-15(19)20)16(21)14-9-6-10-18(14)11-13-7-4-3-5-8-13/h3-5,7-8,14H,2,6,9-12H2,1H3,(H,19,20)/t14-/m1/s1. The van der Waals surface area contributed by atoms with Gasteiger partial charge in [-0.2, -0.15) is 0 Å². The number of carbonyl (C=O) groups excluding carboxylic acids is 1. The maximum atomic E-state index is 12.5. The lowest BCUT2D eigenvalue weighted by molar-refractivity contribution is -0.146. The first kappa shape index (κ1) is 15.5. The number of carboxylic acid groups (broad SMARTS) is 1. The molecule has 5 nitrogen and oxygen atoms in total. The number of hydrogen-bond acceptors (Lipinski definition) is 3. The second-order valence-electron chi connectivity index (χ2n) is 5.36. The van der Waals surface area contributed by atoms with Crippen LogP contribution in [0.1, 0.15) is 25.3 Å². The highest BCUT2D eigenvalue weighted by Gasteiger charge is 2.33. The van der Waals surface area contributed by atoms with E-state index in [1.807, 2.05) is 25.1 Å². The number of benzene rings is 1. The Labute approximate surface area is 125 Å². The van der Waals surface area contributed by atoms with Crippen molar-refractivity contribution in [3.05, 3.63) is 35.9 Å². The molecule has 5 heteroatoms. The van der Waals surface area contributed by atoms with E-state index in [0.29, 0.717) is 6.54 Å². The third-order valence-electron chi connectivity index (χ3n) is 3.90. The molecule has 1 saturated heterocycles. The molecule has 0 aliphatic carbocycles. The van der Waals surface area contributed by atoms with Gasteiger partial charge in [-0.1, -0.05) is 30.3 Å². The van der Waals surface area contributed by atoms with Gasteiger partial charge in [0.1, 0.15) is 6.54 Å². The van der Waals surface area contributed by atoms with Crippen molar-refractivity contribution in [2.75, 3.05) is 19.6 Å². The van der Waals surface area contributed by atoms with Crippen LogP contribution in [-0.4, -0.2) is 52.5 Å². The molecule has 0 saturated carbocycles. The number of hydrogen-bond donors (Lipinski definition) is 1. The van der Waals surface area contributed by atoms with Crippen LogP contribution >= 0.6 is 0 Å². The normalized spacial score (nSPS) is 18.6. The highest BCUT2D eigenvalue weighted by atomic mass is 16.4. The summed E-state index contributed by atoms with van der Waals surface area (Å²) in [5.74, 6) is -1.02. The monoisotopic (exact) mass is 290 g/mol. The number of rotatable bonds is 6. The third kappa shape index (κ3) is 4.04. The first-order valence-electron chi connectivity index (χ1n) is 7.40. The number of carboxylic acids is 1. The van der Waals surface area contributed by atoms with E-state index in [0.717, 1.165) is 25.9 Å². The highest BCUT2D eigenvalue weighted by Crippen LogP contribution is 2.21. The van der Waals surface area contributed by atoms with Gasteiger partial charge in [-0.15, -0.1) is 0 Å². The predicted octanol–water partition coefficient (Wildman–Crippen LogP) is 1.58. The third-order valence-corrected chi connectivity index (χ3v) is 3.90. The fourth-order valence-corrected chi connectivity index (χ4v) is 2.83. The van der Waals surface area contributed by atoms with Crippen molar-refractivity contribution in [3.63, 3.8) is 0 Å². The maximum Gasteiger partial charge on any atom is 0.323 e. The van der Waals surface area contributed by atoms with E-state index in [1.165, 1.54) is 10.5 Å². The molecule has 1 heterocycles. The van der Waals surface area contributed by atoms with Crippen molar-refractivity contribution in [2.24, 2.45) is 0 Å². The van der Waals surface area contributed by atoms with Gasteiger partial charge >= 0.3 is 5.97 Å². The van der Waals surface area contributed by atoms with Crippen molar-refractivity contribution in [1.29, 1.82) is 0 Å². The van der Waals surface area contributed by atoms with Gasteiger partial charge in [-0.3, -0.25) is 14.5 Å². The molecule has 1 fully saturated rings. The first-order chi connectivity index (χ1) is 10.1. The van der Waals surface area contributed by atoms with Crippen molar-refractivity contribution in [3.8, 4) is 0 Å². The lowest BCUT2D eigenvalue weighted by atomic mass is 10.1. The van der Waals surface area contributed by atoms with E-state index in [1.54, 1.807) is 0 Å². The molecule has 1 aromatic rings. The molecule has 1 N–H and O–H groups in total. The number of carbonyl (C=O) groups is 2. The van der Waals surface area contributed by atoms with Crippen molar-refractivity contribution >= 4 is 11.9 Å². The number of likely N-dealkylation sites (tertiary alicyclic amines) is 1. The SMILES string of the molecule is CCN(CC(=O)O)C(=O)[C@H]1CCCN1Cc1ccccc1. The van der Waals surface area contributed by atoms with Gasteiger partial charge in [0.2, 0.25) is 5.91 Å². The van der Waals surface area contributed by atoms with Crippen molar-refractivity contribution in [1.82, 2.24) is 9.80 Å². The Morgan fingerprint density at radius 2 is 2.05 bits per heavy atom. The molecule has 1 aromatic carbocycles. The molecular weight excluding hydrogens is 268 g/mol. The lowest BCUT2D eigenvalue weighted by Crippen LogP contribution is -2.47. The lowest BCUT2D eigenvalue weighted by Gasteiger charge is -2.28. The van der Waals surface area contributed by atoms with Gasteiger partial charge in [0.25, 0.3) is 0 Å². The quantitative estimate of drug-likeness (QED) is 0.864. The zero-order chi connectivity index (χ0) is 15.2. The molecule has 0 bridgehead atoms. The van der Waals surface area contributed by atoms with Crippen LogP contribution < -0.4 is 0 Å². The van der Waals surface area contributed by atoms with E-state index in [2.05, 4.69) is 17.0 Å². The number of amides is 1. The summed E-state index contributed by atoms with van der Waals surface area (Å²) >= 11 is 0. The Morgan fingerprint density at radius 1 is 1.33 bits per heavy atom. The van der Waals surface area contributed by atoms with E-state index in [4.69, 9.17) is 5.11 Å². The Morgan fingerprint density at radius 3 is 2.67 bits per heavy atom. The minimum absolute atomic E-state index is 0.0617. The molecule has 0 aromatic heterocycles. The van der Waals surface area contributed by atoms with Crippen LogP contribution in [0.3, 0.4) is 0 Å².